The summed E-state index contributed by atoms with van der Waals surface area (Å²) in [5.41, 5.74) is 0.359. The van der Waals surface area contributed by atoms with E-state index in [9.17, 15) is 8.78 Å². The first-order chi connectivity index (χ1) is 13.1. The van der Waals surface area contributed by atoms with Crippen molar-refractivity contribution in [1.29, 1.82) is 0 Å². The third-order valence-corrected chi connectivity index (χ3v) is 4.04. The number of hydrogen-bond acceptors (Lipinski definition) is 2. The lowest BCUT2D eigenvalue weighted by Gasteiger charge is -2.08. The van der Waals surface area contributed by atoms with E-state index in [1.54, 1.807) is 42.5 Å². The minimum absolute atomic E-state index is 0.171. The van der Waals surface area contributed by atoms with Gasteiger partial charge in [0, 0.05) is 11.1 Å². The molecule has 0 amide bonds. The molecule has 0 saturated heterocycles. The van der Waals surface area contributed by atoms with E-state index in [0.29, 0.717) is 24.7 Å². The highest BCUT2D eigenvalue weighted by molar-refractivity contribution is 5.90. The standard InChI is InChI=1S/C23H20F2O2/c1-3-13-27-21-12-9-17-14-19(6-5-18(17)15-21)23(25)22(24)16-7-10-20(11-8-16)26-4-2/h3,5-12,14-15H,1,4,13H2,2H3. The summed E-state index contributed by atoms with van der Waals surface area (Å²) in [5.74, 6) is -0.474. The fourth-order valence-electron chi connectivity index (χ4n) is 2.72. The van der Waals surface area contributed by atoms with Gasteiger partial charge in [-0.05, 0) is 60.2 Å². The topological polar surface area (TPSA) is 18.5 Å². The van der Waals surface area contributed by atoms with Crippen LogP contribution in [-0.2, 0) is 0 Å². The molecule has 0 unspecified atom stereocenters. The predicted molar refractivity (Wildman–Crippen MR) is 106 cm³/mol. The van der Waals surface area contributed by atoms with Crippen LogP contribution < -0.4 is 9.47 Å². The van der Waals surface area contributed by atoms with Crippen molar-refractivity contribution in [2.75, 3.05) is 13.2 Å². The fourth-order valence-corrected chi connectivity index (χ4v) is 2.72. The van der Waals surface area contributed by atoms with Crippen LogP contribution in [0.1, 0.15) is 18.1 Å². The van der Waals surface area contributed by atoms with Crippen LogP contribution in [0.3, 0.4) is 0 Å². The van der Waals surface area contributed by atoms with Crippen LogP contribution in [0.2, 0.25) is 0 Å². The molecule has 0 fully saturated rings. The Morgan fingerprint density at radius 2 is 1.41 bits per heavy atom. The second kappa shape index (κ2) is 8.49. The van der Waals surface area contributed by atoms with Crippen molar-refractivity contribution in [1.82, 2.24) is 0 Å². The third-order valence-electron chi connectivity index (χ3n) is 4.04. The predicted octanol–water partition coefficient (Wildman–Crippen LogP) is 6.57. The molecule has 0 N–H and O–H groups in total. The normalized spacial score (nSPS) is 11.8. The van der Waals surface area contributed by atoms with Gasteiger partial charge in [-0.25, -0.2) is 8.78 Å². The Morgan fingerprint density at radius 3 is 2.11 bits per heavy atom. The summed E-state index contributed by atoms with van der Waals surface area (Å²) in [5, 5.41) is 1.68. The maximum Gasteiger partial charge on any atom is 0.166 e. The molecule has 0 radical (unpaired) electrons. The lowest BCUT2D eigenvalue weighted by Crippen LogP contribution is -1.92. The average molecular weight is 366 g/mol. The number of ether oxygens (including phenoxy) is 2. The van der Waals surface area contributed by atoms with Gasteiger partial charge in [0.05, 0.1) is 6.61 Å². The first-order valence-corrected chi connectivity index (χ1v) is 8.68. The minimum atomic E-state index is -0.900. The molecule has 0 bridgehead atoms. The van der Waals surface area contributed by atoms with Gasteiger partial charge in [-0.1, -0.05) is 30.9 Å². The van der Waals surface area contributed by atoms with E-state index in [1.807, 2.05) is 19.1 Å². The number of rotatable bonds is 7. The van der Waals surface area contributed by atoms with E-state index in [-0.39, 0.29) is 11.1 Å². The molecule has 0 aliphatic carbocycles. The van der Waals surface area contributed by atoms with Gasteiger partial charge in [-0.3, -0.25) is 0 Å². The number of benzene rings is 3. The summed E-state index contributed by atoms with van der Waals surface area (Å²) < 4.78 is 40.1. The van der Waals surface area contributed by atoms with Crippen LogP contribution in [0, 0.1) is 0 Å². The van der Waals surface area contributed by atoms with Gasteiger partial charge >= 0.3 is 0 Å². The van der Waals surface area contributed by atoms with Crippen molar-refractivity contribution < 1.29 is 18.3 Å². The summed E-state index contributed by atoms with van der Waals surface area (Å²) in [6, 6.07) is 16.6. The van der Waals surface area contributed by atoms with E-state index in [0.717, 1.165) is 10.8 Å². The van der Waals surface area contributed by atoms with Crippen LogP contribution >= 0.6 is 0 Å². The van der Waals surface area contributed by atoms with E-state index in [4.69, 9.17) is 9.47 Å². The number of halogens is 2. The van der Waals surface area contributed by atoms with Gasteiger partial charge in [0.1, 0.15) is 18.1 Å². The van der Waals surface area contributed by atoms with Gasteiger partial charge < -0.3 is 9.47 Å². The van der Waals surface area contributed by atoms with Crippen LogP contribution in [-0.4, -0.2) is 13.2 Å². The number of hydrogen-bond donors (Lipinski definition) is 0. The molecule has 0 spiro atoms. The average Bonchev–Trinajstić information content (AvgIpc) is 2.71. The quantitative estimate of drug-likeness (QED) is 0.348. The Kier molecular flexibility index (Phi) is 5.87. The summed E-state index contributed by atoms with van der Waals surface area (Å²) in [7, 11) is 0. The molecular weight excluding hydrogens is 346 g/mol. The number of fused-ring (bicyclic) bond motifs is 1. The highest BCUT2D eigenvalue weighted by atomic mass is 19.2. The molecule has 3 rings (SSSR count). The minimum Gasteiger partial charge on any atom is -0.494 e. The van der Waals surface area contributed by atoms with Crippen molar-refractivity contribution in [2.45, 2.75) is 6.92 Å². The molecule has 0 aliphatic rings. The van der Waals surface area contributed by atoms with E-state index in [2.05, 4.69) is 6.58 Å². The zero-order chi connectivity index (χ0) is 19.2. The van der Waals surface area contributed by atoms with Gasteiger partial charge in [-0.15, -0.1) is 0 Å². The van der Waals surface area contributed by atoms with Crippen molar-refractivity contribution in [3.63, 3.8) is 0 Å². The third kappa shape index (κ3) is 4.34. The van der Waals surface area contributed by atoms with Gasteiger partial charge in [0.25, 0.3) is 0 Å². The molecule has 0 saturated carbocycles. The lowest BCUT2D eigenvalue weighted by atomic mass is 10.0. The van der Waals surface area contributed by atoms with Gasteiger partial charge in [0.2, 0.25) is 0 Å². The molecule has 3 aromatic carbocycles. The van der Waals surface area contributed by atoms with Crippen molar-refractivity contribution in [2.24, 2.45) is 0 Å². The highest BCUT2D eigenvalue weighted by Crippen LogP contribution is 2.32. The molecule has 0 atom stereocenters. The van der Waals surface area contributed by atoms with E-state index in [1.165, 1.54) is 12.1 Å². The van der Waals surface area contributed by atoms with Crippen LogP contribution in [0.5, 0.6) is 11.5 Å². The summed E-state index contributed by atoms with van der Waals surface area (Å²) in [4.78, 5) is 0. The van der Waals surface area contributed by atoms with Crippen LogP contribution in [0.15, 0.2) is 73.3 Å². The van der Waals surface area contributed by atoms with Crippen molar-refractivity contribution in [3.8, 4) is 11.5 Å². The molecular formula is C23H20F2O2. The van der Waals surface area contributed by atoms with E-state index < -0.39 is 11.7 Å². The van der Waals surface area contributed by atoms with Gasteiger partial charge in [-0.2, -0.15) is 0 Å². The molecule has 0 aromatic heterocycles. The fraction of sp³-hybridized carbons (Fsp3) is 0.130. The second-order valence-electron chi connectivity index (χ2n) is 5.91. The molecule has 0 aliphatic heterocycles. The maximum atomic E-state index is 14.7. The highest BCUT2D eigenvalue weighted by Gasteiger charge is 2.12. The summed E-state index contributed by atoms with van der Waals surface area (Å²) in [6.45, 7) is 6.40. The Labute approximate surface area is 157 Å². The van der Waals surface area contributed by atoms with Crippen LogP contribution in [0.4, 0.5) is 8.78 Å². The largest absolute Gasteiger partial charge is 0.494 e. The first-order valence-electron chi connectivity index (χ1n) is 8.68. The Morgan fingerprint density at radius 1 is 0.815 bits per heavy atom. The summed E-state index contributed by atoms with van der Waals surface area (Å²) >= 11 is 0. The molecule has 3 aromatic rings. The SMILES string of the molecule is C=CCOc1ccc2cc(C(F)=C(F)c3ccc(OCC)cc3)ccc2c1. The van der Waals surface area contributed by atoms with Gasteiger partial charge in [0.15, 0.2) is 11.7 Å². The van der Waals surface area contributed by atoms with Crippen molar-refractivity contribution >= 4 is 22.4 Å². The molecule has 2 nitrogen and oxygen atoms in total. The maximum absolute atomic E-state index is 14.7. The molecule has 0 heterocycles. The zero-order valence-corrected chi connectivity index (χ0v) is 15.0. The first kappa shape index (κ1) is 18.6. The lowest BCUT2D eigenvalue weighted by molar-refractivity contribution is 0.340. The molecule has 138 valence electrons. The van der Waals surface area contributed by atoms with E-state index >= 15 is 0 Å². The van der Waals surface area contributed by atoms with Crippen LogP contribution in [0.25, 0.3) is 22.4 Å². The Balaban J connectivity index is 1.90. The second-order valence-corrected chi connectivity index (χ2v) is 5.91. The Hall–Kier alpha value is -3.14. The summed E-state index contributed by atoms with van der Waals surface area (Å²) in [6.07, 6.45) is 1.66. The molecule has 4 heteroatoms. The zero-order valence-electron chi connectivity index (χ0n) is 15.0. The molecule has 27 heavy (non-hydrogen) atoms. The van der Waals surface area contributed by atoms with Crippen molar-refractivity contribution in [3.05, 3.63) is 84.4 Å². The monoisotopic (exact) mass is 366 g/mol. The Bertz CT molecular complexity index is 975. The smallest absolute Gasteiger partial charge is 0.166 e.